The molecule has 0 saturated carbocycles. The molecule has 0 bridgehead atoms. The lowest BCUT2D eigenvalue weighted by molar-refractivity contribution is 0.178. The molecule has 2 aromatic rings. The van der Waals surface area contributed by atoms with Crippen LogP contribution in [0.4, 0.5) is 0 Å². The molecule has 0 aliphatic heterocycles. The van der Waals surface area contributed by atoms with Gasteiger partial charge in [0, 0.05) is 20.5 Å². The third-order valence-corrected chi connectivity index (χ3v) is 13.3. The molecule has 0 aromatic heterocycles. The fourth-order valence-electron chi connectivity index (χ4n) is 5.51. The van der Waals surface area contributed by atoms with E-state index in [4.69, 9.17) is 16.6 Å². The number of benzene rings is 2. The lowest BCUT2D eigenvalue weighted by Gasteiger charge is -2.45. The average Bonchev–Trinajstić information content (AvgIpc) is 2.88. The summed E-state index contributed by atoms with van der Waals surface area (Å²) in [5.41, 5.74) is 0. The fraction of sp³-hybridized carbons (Fsp3) is 0.618. The minimum atomic E-state index is -2.59. The highest BCUT2D eigenvalue weighted by atomic mass is 32.1. The third kappa shape index (κ3) is 10.2. The van der Waals surface area contributed by atoms with Gasteiger partial charge >= 0.3 is 0 Å². The standard InChI is InChI=1S/C34H55NOSSi/c1-29(2)22-16-12-10-8-9-11-13-17-23-30(28-33(37)35(6)7)36-38(34(3,4)5,31-24-18-14-19-25-31)32-26-20-15-21-27-32/h14-15,18-21,24-27,29-30H,8-13,16-17,22-23,28H2,1-7H3/t30-/m0/s1. The predicted octanol–water partition coefficient (Wildman–Crippen LogP) is 8.77. The highest BCUT2D eigenvalue weighted by Gasteiger charge is 2.51. The molecule has 0 aliphatic rings. The third-order valence-electron chi connectivity index (χ3n) is 7.72. The molecule has 1 atom stereocenters. The van der Waals surface area contributed by atoms with Crippen LogP contribution < -0.4 is 10.4 Å². The van der Waals surface area contributed by atoms with Crippen molar-refractivity contribution in [2.45, 2.75) is 116 Å². The summed E-state index contributed by atoms with van der Waals surface area (Å²) >= 11 is 5.82. The average molecular weight is 554 g/mol. The maximum atomic E-state index is 7.51. The Morgan fingerprint density at radius 1 is 0.737 bits per heavy atom. The largest absolute Gasteiger partial charge is 0.404 e. The van der Waals surface area contributed by atoms with Crippen molar-refractivity contribution in [1.29, 1.82) is 0 Å². The summed E-state index contributed by atoms with van der Waals surface area (Å²) in [7, 11) is 1.52. The van der Waals surface area contributed by atoms with Gasteiger partial charge in [-0.2, -0.15) is 0 Å². The highest BCUT2D eigenvalue weighted by Crippen LogP contribution is 2.38. The summed E-state index contributed by atoms with van der Waals surface area (Å²) in [6.45, 7) is 11.7. The normalized spacial score (nSPS) is 13.1. The second-order valence-electron chi connectivity index (χ2n) is 12.7. The summed E-state index contributed by atoms with van der Waals surface area (Å²) < 4.78 is 7.51. The lowest BCUT2D eigenvalue weighted by Crippen LogP contribution is -2.67. The van der Waals surface area contributed by atoms with Crippen molar-refractivity contribution >= 4 is 35.9 Å². The van der Waals surface area contributed by atoms with Crippen LogP contribution in [0.1, 0.15) is 105 Å². The van der Waals surface area contributed by atoms with Crippen molar-refractivity contribution in [1.82, 2.24) is 4.90 Å². The van der Waals surface area contributed by atoms with Crippen molar-refractivity contribution < 1.29 is 4.43 Å². The van der Waals surface area contributed by atoms with Gasteiger partial charge in [-0.3, -0.25) is 0 Å². The second kappa shape index (κ2) is 16.6. The van der Waals surface area contributed by atoms with E-state index < -0.39 is 8.32 Å². The van der Waals surface area contributed by atoms with Crippen molar-refractivity contribution in [2.24, 2.45) is 5.92 Å². The number of unbranched alkanes of at least 4 members (excludes halogenated alkanes) is 7. The fourth-order valence-corrected chi connectivity index (χ4v) is 10.4. The Kier molecular flexibility index (Phi) is 14.3. The Hall–Kier alpha value is -1.49. The van der Waals surface area contributed by atoms with Gasteiger partial charge in [-0.05, 0) is 27.8 Å². The maximum Gasteiger partial charge on any atom is 0.261 e. The topological polar surface area (TPSA) is 12.5 Å². The molecular formula is C34H55NOSSi. The Morgan fingerprint density at radius 3 is 1.55 bits per heavy atom. The smallest absolute Gasteiger partial charge is 0.261 e. The minimum Gasteiger partial charge on any atom is -0.404 e. The second-order valence-corrected chi connectivity index (χ2v) is 17.4. The van der Waals surface area contributed by atoms with E-state index in [2.05, 4.69) is 114 Å². The van der Waals surface area contributed by atoms with Crippen molar-refractivity contribution in [2.75, 3.05) is 14.1 Å². The van der Waals surface area contributed by atoms with Crippen LogP contribution in [0.15, 0.2) is 60.7 Å². The molecule has 0 saturated heterocycles. The first kappa shape index (κ1) is 32.7. The zero-order valence-corrected chi connectivity index (χ0v) is 27.3. The molecule has 0 spiro atoms. The van der Waals surface area contributed by atoms with E-state index in [-0.39, 0.29) is 11.1 Å². The first-order valence-corrected chi connectivity index (χ1v) is 17.4. The zero-order valence-electron chi connectivity index (χ0n) is 25.5. The monoisotopic (exact) mass is 553 g/mol. The molecule has 0 unspecified atom stereocenters. The van der Waals surface area contributed by atoms with Crippen LogP contribution in [-0.2, 0) is 4.43 Å². The first-order valence-electron chi connectivity index (χ1n) is 15.1. The van der Waals surface area contributed by atoms with Gasteiger partial charge in [-0.25, -0.2) is 0 Å². The van der Waals surface area contributed by atoms with E-state index in [1.165, 1.54) is 68.2 Å². The molecule has 2 nitrogen and oxygen atoms in total. The van der Waals surface area contributed by atoms with Crippen LogP contribution >= 0.6 is 12.2 Å². The quantitative estimate of drug-likeness (QED) is 0.110. The highest BCUT2D eigenvalue weighted by molar-refractivity contribution is 7.80. The van der Waals surface area contributed by atoms with Gasteiger partial charge in [0.25, 0.3) is 8.32 Å². The van der Waals surface area contributed by atoms with Crippen LogP contribution in [0.25, 0.3) is 0 Å². The van der Waals surface area contributed by atoms with E-state index in [1.807, 2.05) is 0 Å². The zero-order chi connectivity index (χ0) is 28.0. The molecule has 0 aliphatic carbocycles. The number of thiocarbonyl (C=S) groups is 1. The van der Waals surface area contributed by atoms with Gasteiger partial charge in [-0.15, -0.1) is 0 Å². The number of nitrogens with zero attached hydrogens (tertiary/aromatic N) is 1. The summed E-state index contributed by atoms with van der Waals surface area (Å²) in [5, 5.41) is 2.66. The van der Waals surface area contributed by atoms with Crippen LogP contribution in [0.3, 0.4) is 0 Å². The van der Waals surface area contributed by atoms with Crippen LogP contribution in [-0.4, -0.2) is 38.4 Å². The molecule has 2 rings (SSSR count). The lowest BCUT2D eigenvalue weighted by atomic mass is 10.0. The van der Waals surface area contributed by atoms with Gasteiger partial charge in [0.1, 0.15) is 0 Å². The molecule has 0 radical (unpaired) electrons. The molecule has 0 amide bonds. The molecule has 0 fully saturated rings. The van der Waals surface area contributed by atoms with Crippen molar-refractivity contribution in [3.63, 3.8) is 0 Å². The van der Waals surface area contributed by atoms with E-state index in [0.717, 1.165) is 23.7 Å². The molecular weight excluding hydrogens is 499 g/mol. The van der Waals surface area contributed by atoms with Crippen molar-refractivity contribution in [3.8, 4) is 0 Å². The Labute approximate surface area is 241 Å². The Bertz CT molecular complexity index is 868. The summed E-state index contributed by atoms with van der Waals surface area (Å²) in [6.07, 6.45) is 14.1. The predicted molar refractivity (Wildman–Crippen MR) is 174 cm³/mol. The van der Waals surface area contributed by atoms with Crippen LogP contribution in [0, 0.1) is 5.92 Å². The molecule has 0 heterocycles. The van der Waals surface area contributed by atoms with Crippen LogP contribution in [0.2, 0.25) is 5.04 Å². The molecule has 0 N–H and O–H groups in total. The van der Waals surface area contributed by atoms with Crippen molar-refractivity contribution in [3.05, 3.63) is 60.7 Å². The minimum absolute atomic E-state index is 0.0245. The summed E-state index contributed by atoms with van der Waals surface area (Å²) in [5.74, 6) is 0.842. The van der Waals surface area contributed by atoms with E-state index in [0.29, 0.717) is 0 Å². The van der Waals surface area contributed by atoms with E-state index >= 15 is 0 Å². The molecule has 2 aromatic carbocycles. The number of hydrogen-bond acceptors (Lipinski definition) is 2. The van der Waals surface area contributed by atoms with Gasteiger partial charge in [-0.1, -0.05) is 165 Å². The molecule has 4 heteroatoms. The van der Waals surface area contributed by atoms with Gasteiger partial charge in [0.2, 0.25) is 0 Å². The first-order chi connectivity index (χ1) is 18.1. The summed E-state index contributed by atoms with van der Waals surface area (Å²) in [6, 6.07) is 22.0. The molecule has 212 valence electrons. The number of hydrogen-bond donors (Lipinski definition) is 0. The van der Waals surface area contributed by atoms with Gasteiger partial charge in [0.05, 0.1) is 11.1 Å². The van der Waals surface area contributed by atoms with E-state index in [1.54, 1.807) is 0 Å². The SMILES string of the molecule is CC(C)CCCCCCCCCC[C@@H](CC(=S)N(C)C)O[Si](c1ccccc1)(c1ccccc1)C(C)(C)C. The Morgan fingerprint density at radius 2 is 1.16 bits per heavy atom. The number of rotatable bonds is 17. The Balaban J connectivity index is 2.14. The van der Waals surface area contributed by atoms with Gasteiger partial charge in [0.15, 0.2) is 0 Å². The molecule has 38 heavy (non-hydrogen) atoms. The van der Waals surface area contributed by atoms with Gasteiger partial charge < -0.3 is 9.33 Å². The van der Waals surface area contributed by atoms with Crippen LogP contribution in [0.5, 0.6) is 0 Å². The maximum absolute atomic E-state index is 7.51. The van der Waals surface area contributed by atoms with E-state index in [9.17, 15) is 0 Å². The summed E-state index contributed by atoms with van der Waals surface area (Å²) in [4.78, 5) is 3.06.